The van der Waals surface area contributed by atoms with Gasteiger partial charge in [0, 0.05) is 11.6 Å². The van der Waals surface area contributed by atoms with Crippen molar-refractivity contribution in [1.29, 1.82) is 0 Å². The molecule has 2 aromatic carbocycles. The Labute approximate surface area is 135 Å². The topological polar surface area (TPSA) is 38.3 Å². The lowest BCUT2D eigenvalue weighted by Gasteiger charge is -2.05. The number of carbonyl (C=O) groups is 1. The zero-order valence-electron chi connectivity index (χ0n) is 12.2. The van der Waals surface area contributed by atoms with Gasteiger partial charge in [-0.05, 0) is 23.6 Å². The van der Waals surface area contributed by atoms with Crippen molar-refractivity contribution >= 4 is 23.8 Å². The third-order valence-corrected chi connectivity index (χ3v) is 3.34. The van der Waals surface area contributed by atoms with Gasteiger partial charge in [0.2, 0.25) is 0 Å². The van der Waals surface area contributed by atoms with Crippen molar-refractivity contribution in [3.8, 4) is 0 Å². The number of ether oxygens (including phenoxy) is 1. The van der Waals surface area contributed by atoms with E-state index in [9.17, 15) is 4.79 Å². The van der Waals surface area contributed by atoms with Crippen LogP contribution in [0.25, 0.3) is 6.08 Å². The fraction of sp³-hybridized carbons (Fsp3) is 0.167. The summed E-state index contributed by atoms with van der Waals surface area (Å²) in [6.07, 6.45) is 4.22. The van der Waals surface area contributed by atoms with Crippen molar-refractivity contribution in [2.45, 2.75) is 13.0 Å². The van der Waals surface area contributed by atoms with E-state index in [1.54, 1.807) is 0 Å². The number of halogens is 1. The Morgan fingerprint density at radius 3 is 2.59 bits per heavy atom. The SMILES string of the molecule is O=C(NCCC=Cc1ccccc1Cl)OCc1ccccc1. The maximum absolute atomic E-state index is 11.5. The van der Waals surface area contributed by atoms with Crippen molar-refractivity contribution in [1.82, 2.24) is 5.32 Å². The van der Waals surface area contributed by atoms with Gasteiger partial charge in [-0.15, -0.1) is 0 Å². The lowest BCUT2D eigenvalue weighted by atomic mass is 10.2. The van der Waals surface area contributed by atoms with E-state index >= 15 is 0 Å². The van der Waals surface area contributed by atoms with Crippen LogP contribution in [0.2, 0.25) is 5.02 Å². The standard InChI is InChI=1S/C18H18ClNO2/c19-17-12-5-4-10-16(17)11-6-7-13-20-18(21)22-14-15-8-2-1-3-9-15/h1-6,8-12H,7,13-14H2,(H,20,21). The number of carbonyl (C=O) groups excluding carboxylic acids is 1. The Hall–Kier alpha value is -2.26. The molecule has 1 amide bonds. The highest BCUT2D eigenvalue weighted by atomic mass is 35.5. The normalized spacial score (nSPS) is 10.6. The number of hydrogen-bond donors (Lipinski definition) is 1. The molecule has 114 valence electrons. The second-order valence-corrected chi connectivity index (χ2v) is 5.11. The van der Waals surface area contributed by atoms with Crippen LogP contribution in [0.15, 0.2) is 60.7 Å². The lowest BCUT2D eigenvalue weighted by Crippen LogP contribution is -2.24. The second-order valence-electron chi connectivity index (χ2n) is 4.70. The molecule has 0 radical (unpaired) electrons. The molecule has 0 saturated heterocycles. The third-order valence-electron chi connectivity index (χ3n) is 3.00. The van der Waals surface area contributed by atoms with E-state index in [0.29, 0.717) is 18.0 Å². The maximum Gasteiger partial charge on any atom is 0.407 e. The molecule has 0 atom stereocenters. The lowest BCUT2D eigenvalue weighted by molar-refractivity contribution is 0.140. The molecule has 0 aliphatic heterocycles. The van der Waals surface area contributed by atoms with Crippen LogP contribution in [0.5, 0.6) is 0 Å². The summed E-state index contributed by atoms with van der Waals surface area (Å²) in [7, 11) is 0. The minimum Gasteiger partial charge on any atom is -0.445 e. The third kappa shape index (κ3) is 5.62. The van der Waals surface area contributed by atoms with Crippen LogP contribution in [-0.4, -0.2) is 12.6 Å². The predicted molar refractivity (Wildman–Crippen MR) is 89.7 cm³/mol. The smallest absolute Gasteiger partial charge is 0.407 e. The predicted octanol–water partition coefficient (Wildman–Crippen LogP) is 4.67. The molecule has 0 aromatic heterocycles. The summed E-state index contributed by atoms with van der Waals surface area (Å²) >= 11 is 6.05. The molecule has 3 nitrogen and oxygen atoms in total. The van der Waals surface area contributed by atoms with E-state index in [1.807, 2.05) is 66.7 Å². The average molecular weight is 316 g/mol. The monoisotopic (exact) mass is 315 g/mol. The number of benzene rings is 2. The molecule has 0 unspecified atom stereocenters. The Bertz CT molecular complexity index is 626. The van der Waals surface area contributed by atoms with Gasteiger partial charge in [0.15, 0.2) is 0 Å². The Balaban J connectivity index is 1.64. The van der Waals surface area contributed by atoms with Crippen LogP contribution in [0.3, 0.4) is 0 Å². The van der Waals surface area contributed by atoms with Crippen LogP contribution in [-0.2, 0) is 11.3 Å². The zero-order valence-corrected chi connectivity index (χ0v) is 12.9. The van der Waals surface area contributed by atoms with Crippen molar-refractivity contribution < 1.29 is 9.53 Å². The molecule has 0 aliphatic carbocycles. The molecular formula is C18H18ClNO2. The van der Waals surface area contributed by atoms with Gasteiger partial charge < -0.3 is 10.1 Å². The molecule has 4 heteroatoms. The molecule has 0 heterocycles. The van der Waals surface area contributed by atoms with E-state index in [2.05, 4.69) is 5.32 Å². The number of amides is 1. The zero-order chi connectivity index (χ0) is 15.6. The van der Waals surface area contributed by atoms with Gasteiger partial charge in [-0.1, -0.05) is 72.3 Å². The molecule has 0 spiro atoms. The fourth-order valence-corrected chi connectivity index (χ4v) is 2.05. The van der Waals surface area contributed by atoms with E-state index in [4.69, 9.17) is 16.3 Å². The van der Waals surface area contributed by atoms with E-state index < -0.39 is 6.09 Å². The molecule has 2 aromatic rings. The molecule has 0 aliphatic rings. The number of rotatable bonds is 6. The molecule has 0 saturated carbocycles. The quantitative estimate of drug-likeness (QED) is 0.787. The van der Waals surface area contributed by atoms with Gasteiger partial charge in [-0.25, -0.2) is 4.79 Å². The largest absolute Gasteiger partial charge is 0.445 e. The van der Waals surface area contributed by atoms with Crippen LogP contribution in [0.1, 0.15) is 17.5 Å². The maximum atomic E-state index is 11.5. The van der Waals surface area contributed by atoms with E-state index in [-0.39, 0.29) is 6.61 Å². The second kappa shape index (κ2) is 8.90. The average Bonchev–Trinajstić information content (AvgIpc) is 2.55. The summed E-state index contributed by atoms with van der Waals surface area (Å²) in [6, 6.07) is 17.2. The number of alkyl carbamates (subject to hydrolysis) is 1. The first-order chi connectivity index (χ1) is 10.8. The molecule has 1 N–H and O–H groups in total. The number of hydrogen-bond acceptors (Lipinski definition) is 2. The summed E-state index contributed by atoms with van der Waals surface area (Å²) < 4.78 is 5.12. The van der Waals surface area contributed by atoms with Gasteiger partial charge in [0.25, 0.3) is 0 Å². The highest BCUT2D eigenvalue weighted by Gasteiger charge is 2.00. The Morgan fingerprint density at radius 1 is 1.09 bits per heavy atom. The van der Waals surface area contributed by atoms with E-state index in [0.717, 1.165) is 11.1 Å². The van der Waals surface area contributed by atoms with Crippen molar-refractivity contribution in [3.05, 3.63) is 76.8 Å². The minimum absolute atomic E-state index is 0.280. The van der Waals surface area contributed by atoms with Crippen LogP contribution in [0.4, 0.5) is 4.79 Å². The molecule has 2 rings (SSSR count). The van der Waals surface area contributed by atoms with Gasteiger partial charge in [0.05, 0.1) is 0 Å². The highest BCUT2D eigenvalue weighted by molar-refractivity contribution is 6.32. The van der Waals surface area contributed by atoms with Gasteiger partial charge >= 0.3 is 6.09 Å². The van der Waals surface area contributed by atoms with Gasteiger partial charge in [-0.2, -0.15) is 0 Å². The first kappa shape index (κ1) is 16.1. The first-order valence-corrected chi connectivity index (χ1v) is 7.49. The molecule has 22 heavy (non-hydrogen) atoms. The summed E-state index contributed by atoms with van der Waals surface area (Å²) in [5.74, 6) is 0. The Morgan fingerprint density at radius 2 is 1.82 bits per heavy atom. The summed E-state index contributed by atoms with van der Waals surface area (Å²) in [6.45, 7) is 0.802. The summed E-state index contributed by atoms with van der Waals surface area (Å²) in [5.41, 5.74) is 1.94. The van der Waals surface area contributed by atoms with Crippen LogP contribution in [0, 0.1) is 0 Å². The van der Waals surface area contributed by atoms with Crippen LogP contribution < -0.4 is 5.32 Å². The summed E-state index contributed by atoms with van der Waals surface area (Å²) in [5, 5.41) is 3.43. The van der Waals surface area contributed by atoms with Crippen LogP contribution >= 0.6 is 11.6 Å². The van der Waals surface area contributed by atoms with Crippen molar-refractivity contribution in [2.24, 2.45) is 0 Å². The highest BCUT2D eigenvalue weighted by Crippen LogP contribution is 2.16. The van der Waals surface area contributed by atoms with Crippen molar-refractivity contribution in [3.63, 3.8) is 0 Å². The minimum atomic E-state index is -0.407. The van der Waals surface area contributed by atoms with E-state index in [1.165, 1.54) is 0 Å². The molecule has 0 fully saturated rings. The van der Waals surface area contributed by atoms with Gasteiger partial charge in [0.1, 0.15) is 6.61 Å². The van der Waals surface area contributed by atoms with Crippen molar-refractivity contribution in [2.75, 3.05) is 6.54 Å². The first-order valence-electron chi connectivity index (χ1n) is 7.11. The molecule has 0 bridgehead atoms. The fourth-order valence-electron chi connectivity index (χ4n) is 1.85. The number of nitrogens with one attached hydrogen (secondary N) is 1. The molecular weight excluding hydrogens is 298 g/mol. The Kier molecular flexibility index (Phi) is 6.52. The van der Waals surface area contributed by atoms with Gasteiger partial charge in [-0.3, -0.25) is 0 Å². The summed E-state index contributed by atoms with van der Waals surface area (Å²) in [4.78, 5) is 11.5.